The molecule has 1 amide bonds. The smallest absolute Gasteiger partial charge is 0.226 e. The lowest BCUT2D eigenvalue weighted by Gasteiger charge is -2.14. The monoisotopic (exact) mass is 333 g/mol. The van der Waals surface area contributed by atoms with Gasteiger partial charge in [0.05, 0.1) is 5.69 Å². The first-order valence-corrected chi connectivity index (χ1v) is 8.51. The summed E-state index contributed by atoms with van der Waals surface area (Å²) >= 11 is 0. The van der Waals surface area contributed by atoms with E-state index >= 15 is 0 Å². The van der Waals surface area contributed by atoms with Crippen LogP contribution in [0.3, 0.4) is 0 Å². The molecule has 4 nitrogen and oxygen atoms in total. The molecule has 0 fully saturated rings. The third kappa shape index (κ3) is 3.97. The summed E-state index contributed by atoms with van der Waals surface area (Å²) in [5.74, 6) is 0.765. The zero-order chi connectivity index (χ0) is 17.8. The van der Waals surface area contributed by atoms with Gasteiger partial charge in [-0.15, -0.1) is 5.10 Å². The number of nitrogens with zero attached hydrogens (tertiary/aromatic N) is 2. The van der Waals surface area contributed by atoms with Crippen LogP contribution in [0.1, 0.15) is 36.0 Å². The molecule has 128 valence electrons. The van der Waals surface area contributed by atoms with E-state index in [2.05, 4.69) is 36.4 Å². The molecule has 1 N–H and O–H groups in total. The van der Waals surface area contributed by atoms with Gasteiger partial charge >= 0.3 is 0 Å². The Morgan fingerprint density at radius 1 is 1.04 bits per heavy atom. The zero-order valence-electron chi connectivity index (χ0n) is 14.9. The first-order valence-electron chi connectivity index (χ1n) is 8.51. The molecule has 0 bridgehead atoms. The molecule has 1 unspecified atom stereocenters. The highest BCUT2D eigenvalue weighted by Crippen LogP contribution is 2.23. The Balaban J connectivity index is 1.69. The molecule has 0 aliphatic rings. The van der Waals surface area contributed by atoms with Crippen molar-refractivity contribution < 1.29 is 4.79 Å². The number of anilines is 1. The van der Waals surface area contributed by atoms with Gasteiger partial charge in [-0.25, -0.2) is 4.68 Å². The molecule has 0 saturated carbocycles. The lowest BCUT2D eigenvalue weighted by atomic mass is 9.93. The van der Waals surface area contributed by atoms with Crippen LogP contribution in [-0.4, -0.2) is 15.7 Å². The van der Waals surface area contributed by atoms with Crippen LogP contribution in [-0.2, 0) is 4.79 Å². The summed E-state index contributed by atoms with van der Waals surface area (Å²) in [6.45, 7) is 6.11. The number of hydrogen-bond donors (Lipinski definition) is 1. The summed E-state index contributed by atoms with van der Waals surface area (Å²) in [6, 6.07) is 18.1. The molecule has 0 aliphatic heterocycles. The quantitative estimate of drug-likeness (QED) is 0.740. The fraction of sp³-hybridized carbons (Fsp3) is 0.238. The minimum atomic E-state index is -0.0165. The second kappa shape index (κ2) is 7.34. The van der Waals surface area contributed by atoms with Gasteiger partial charge in [0.15, 0.2) is 5.82 Å². The number of carbonyl (C=O) groups is 1. The van der Waals surface area contributed by atoms with Gasteiger partial charge in [0.2, 0.25) is 5.91 Å². The number of benzene rings is 2. The number of hydrogen-bond acceptors (Lipinski definition) is 2. The maximum absolute atomic E-state index is 12.4. The van der Waals surface area contributed by atoms with Gasteiger partial charge in [-0.05, 0) is 43.0 Å². The summed E-state index contributed by atoms with van der Waals surface area (Å²) in [5, 5.41) is 7.45. The third-order valence-electron chi connectivity index (χ3n) is 4.39. The summed E-state index contributed by atoms with van der Waals surface area (Å²) in [6.07, 6.45) is 2.36. The maximum Gasteiger partial charge on any atom is 0.226 e. The molecule has 3 aromatic rings. The van der Waals surface area contributed by atoms with Gasteiger partial charge in [0, 0.05) is 18.2 Å². The van der Waals surface area contributed by atoms with Crippen LogP contribution in [0.5, 0.6) is 0 Å². The van der Waals surface area contributed by atoms with E-state index in [1.165, 1.54) is 11.1 Å². The number of aromatic nitrogens is 2. The zero-order valence-corrected chi connectivity index (χ0v) is 14.9. The lowest BCUT2D eigenvalue weighted by Crippen LogP contribution is -2.16. The average molecular weight is 333 g/mol. The van der Waals surface area contributed by atoms with Crippen molar-refractivity contribution in [2.45, 2.75) is 33.1 Å². The molecule has 0 aliphatic carbocycles. The maximum atomic E-state index is 12.4. The van der Waals surface area contributed by atoms with E-state index in [-0.39, 0.29) is 11.8 Å². The number of rotatable bonds is 5. The number of para-hydroxylation sites is 1. The van der Waals surface area contributed by atoms with E-state index in [0.717, 1.165) is 11.3 Å². The second-order valence-electron chi connectivity index (χ2n) is 6.45. The molecule has 2 aromatic carbocycles. The number of nitrogens with one attached hydrogen (secondary N) is 1. The second-order valence-corrected chi connectivity index (χ2v) is 6.45. The Kier molecular flexibility index (Phi) is 4.98. The summed E-state index contributed by atoms with van der Waals surface area (Å²) in [4.78, 5) is 12.4. The van der Waals surface area contributed by atoms with E-state index in [4.69, 9.17) is 0 Å². The fourth-order valence-corrected chi connectivity index (χ4v) is 3.01. The molecule has 0 saturated heterocycles. The van der Waals surface area contributed by atoms with Crippen molar-refractivity contribution in [2.24, 2.45) is 0 Å². The van der Waals surface area contributed by atoms with Crippen LogP contribution in [0.2, 0.25) is 0 Å². The molecular weight excluding hydrogens is 310 g/mol. The minimum absolute atomic E-state index is 0.0165. The standard InChI is InChI=1S/C21H23N3O/c1-15-9-7-8-12-19(15)16(2)13-20(25)22-21-17(3)14-24(23-21)18-10-5-4-6-11-18/h4-12,14,16H,13H2,1-3H3,(H,22,23,25). The highest BCUT2D eigenvalue weighted by atomic mass is 16.1. The van der Waals surface area contributed by atoms with Crippen molar-refractivity contribution in [2.75, 3.05) is 5.32 Å². The van der Waals surface area contributed by atoms with Crippen molar-refractivity contribution in [3.8, 4) is 5.69 Å². The van der Waals surface area contributed by atoms with Crippen molar-refractivity contribution in [1.29, 1.82) is 0 Å². The normalized spacial score (nSPS) is 12.0. The highest BCUT2D eigenvalue weighted by molar-refractivity contribution is 5.91. The van der Waals surface area contributed by atoms with Crippen LogP contribution < -0.4 is 5.32 Å². The fourth-order valence-electron chi connectivity index (χ4n) is 3.01. The Morgan fingerprint density at radius 3 is 2.44 bits per heavy atom. The van der Waals surface area contributed by atoms with Crippen LogP contribution in [0.15, 0.2) is 60.8 Å². The largest absolute Gasteiger partial charge is 0.309 e. The van der Waals surface area contributed by atoms with Crippen molar-refractivity contribution in [1.82, 2.24) is 9.78 Å². The lowest BCUT2D eigenvalue weighted by molar-refractivity contribution is -0.116. The molecule has 1 aromatic heterocycles. The van der Waals surface area contributed by atoms with Crippen LogP contribution in [0.4, 0.5) is 5.82 Å². The number of aryl methyl sites for hydroxylation is 2. The Morgan fingerprint density at radius 2 is 1.72 bits per heavy atom. The predicted molar refractivity (Wildman–Crippen MR) is 101 cm³/mol. The van der Waals surface area contributed by atoms with E-state index < -0.39 is 0 Å². The van der Waals surface area contributed by atoms with Gasteiger partial charge in [-0.2, -0.15) is 0 Å². The predicted octanol–water partition coefficient (Wildman–Crippen LogP) is 4.62. The highest BCUT2D eigenvalue weighted by Gasteiger charge is 2.15. The number of carbonyl (C=O) groups excluding carboxylic acids is 1. The van der Waals surface area contributed by atoms with Gasteiger partial charge < -0.3 is 5.32 Å². The average Bonchev–Trinajstić information content (AvgIpc) is 2.96. The Bertz CT molecular complexity index is 868. The third-order valence-corrected chi connectivity index (χ3v) is 4.39. The Hall–Kier alpha value is -2.88. The summed E-state index contributed by atoms with van der Waals surface area (Å²) in [7, 11) is 0. The molecule has 0 radical (unpaired) electrons. The van der Waals surface area contributed by atoms with Gasteiger partial charge in [-0.1, -0.05) is 49.4 Å². The topological polar surface area (TPSA) is 46.9 Å². The van der Waals surface area contributed by atoms with Crippen molar-refractivity contribution >= 4 is 11.7 Å². The first kappa shape index (κ1) is 17.0. The molecular formula is C21H23N3O. The molecule has 1 atom stereocenters. The van der Waals surface area contributed by atoms with Crippen LogP contribution >= 0.6 is 0 Å². The van der Waals surface area contributed by atoms with Crippen LogP contribution in [0, 0.1) is 13.8 Å². The molecule has 0 spiro atoms. The molecule has 25 heavy (non-hydrogen) atoms. The first-order chi connectivity index (χ1) is 12.0. The van der Waals surface area contributed by atoms with Crippen LogP contribution in [0.25, 0.3) is 5.69 Å². The van der Waals surface area contributed by atoms with Gasteiger partial charge in [-0.3, -0.25) is 4.79 Å². The SMILES string of the molecule is Cc1ccccc1C(C)CC(=O)Nc1nn(-c2ccccc2)cc1C. The van der Waals surface area contributed by atoms with E-state index in [0.29, 0.717) is 12.2 Å². The van der Waals surface area contributed by atoms with Crippen molar-refractivity contribution in [3.05, 3.63) is 77.5 Å². The Labute approximate surface area is 148 Å². The van der Waals surface area contributed by atoms with E-state index in [1.54, 1.807) is 4.68 Å². The van der Waals surface area contributed by atoms with Gasteiger partial charge in [0.1, 0.15) is 0 Å². The molecule has 3 rings (SSSR count). The molecule has 1 heterocycles. The van der Waals surface area contributed by atoms with Crippen molar-refractivity contribution in [3.63, 3.8) is 0 Å². The van der Waals surface area contributed by atoms with E-state index in [9.17, 15) is 4.79 Å². The summed E-state index contributed by atoms with van der Waals surface area (Å²) in [5.41, 5.74) is 4.34. The minimum Gasteiger partial charge on any atom is -0.309 e. The summed E-state index contributed by atoms with van der Waals surface area (Å²) < 4.78 is 1.79. The number of amides is 1. The molecule has 4 heteroatoms. The van der Waals surface area contributed by atoms with Gasteiger partial charge in [0.25, 0.3) is 0 Å². The van der Waals surface area contributed by atoms with E-state index in [1.807, 2.05) is 55.6 Å².